The van der Waals surface area contributed by atoms with E-state index in [1.807, 2.05) is 42.5 Å². The van der Waals surface area contributed by atoms with Gasteiger partial charge in [0, 0.05) is 44.7 Å². The van der Waals surface area contributed by atoms with Crippen LogP contribution in [0.1, 0.15) is 11.8 Å². The fraction of sp³-hybridized carbons (Fsp3) is 0.0233. The Morgan fingerprint density at radius 1 is 0.500 bits per heavy atom. The summed E-state index contributed by atoms with van der Waals surface area (Å²) in [6.45, 7) is 0. The predicted molar refractivity (Wildman–Crippen MR) is 195 cm³/mol. The molecule has 3 heterocycles. The van der Waals surface area contributed by atoms with Crippen molar-refractivity contribution < 1.29 is 13.6 Å². The van der Waals surface area contributed by atoms with Gasteiger partial charge >= 0.3 is 0 Å². The lowest BCUT2D eigenvalue weighted by atomic mass is 10.0. The Morgan fingerprint density at radius 3 is 2.06 bits per heavy atom. The number of anilines is 4. The van der Waals surface area contributed by atoms with E-state index in [4.69, 9.17) is 13.6 Å². The van der Waals surface area contributed by atoms with Crippen LogP contribution in [-0.2, 0) is 0 Å². The first kappa shape index (κ1) is 26.7. The van der Waals surface area contributed by atoms with E-state index in [0.717, 1.165) is 89.1 Å². The van der Waals surface area contributed by atoms with Crippen molar-refractivity contribution >= 4 is 66.6 Å². The Hall–Kier alpha value is -6.46. The predicted octanol–water partition coefficient (Wildman–Crippen LogP) is 12.1. The summed E-state index contributed by atoms with van der Waals surface area (Å²) in [4.78, 5) is 2.31. The van der Waals surface area contributed by atoms with Crippen LogP contribution in [0, 0.1) is 0 Å². The normalized spacial score (nSPS) is 14.0. The second kappa shape index (κ2) is 10.5. The zero-order valence-corrected chi connectivity index (χ0v) is 25.8. The van der Waals surface area contributed by atoms with E-state index in [-0.39, 0.29) is 6.23 Å². The maximum atomic E-state index is 6.60. The van der Waals surface area contributed by atoms with Crippen molar-refractivity contribution in [2.75, 3.05) is 10.2 Å². The standard InChI is InChI=1S/C43H28N2O3/c1-3-11-27(12-4-1)31-15-7-9-17-36(31)45(30-19-21-33-32-16-8-10-18-37(32)47-40(33)26-30)29-20-23-38-34(25-29)41-39(46-38)24-22-35-42(41)48-43(44-35)28-13-5-2-6-14-28/h1-26,43-44H. The minimum absolute atomic E-state index is 0.273. The van der Waals surface area contributed by atoms with Gasteiger partial charge in [-0.2, -0.15) is 0 Å². The average molecular weight is 621 g/mol. The molecule has 9 aromatic rings. The number of nitrogens with zero attached hydrogens (tertiary/aromatic N) is 1. The van der Waals surface area contributed by atoms with Crippen molar-refractivity contribution in [1.29, 1.82) is 0 Å². The number of rotatable bonds is 5. The number of fused-ring (bicyclic) bond motifs is 8. The molecule has 0 amide bonds. The lowest BCUT2D eigenvalue weighted by molar-refractivity contribution is 0.263. The SMILES string of the molecule is c1ccc(-c2ccccc2N(c2ccc3c(c2)oc2ccccc23)c2ccc3oc4ccc5c(c4c3c2)OC(c2ccccc2)N5)cc1. The maximum Gasteiger partial charge on any atom is 0.196 e. The third-order valence-electron chi connectivity index (χ3n) is 9.30. The van der Waals surface area contributed by atoms with Crippen LogP contribution in [0.15, 0.2) is 167 Å². The van der Waals surface area contributed by atoms with Crippen molar-refractivity contribution in [3.63, 3.8) is 0 Å². The lowest BCUT2D eigenvalue weighted by Gasteiger charge is -2.28. The molecule has 0 fully saturated rings. The molecule has 0 aliphatic carbocycles. The smallest absolute Gasteiger partial charge is 0.196 e. The molecule has 1 aliphatic rings. The van der Waals surface area contributed by atoms with E-state index in [2.05, 4.69) is 125 Å². The van der Waals surface area contributed by atoms with Gasteiger partial charge in [-0.1, -0.05) is 97.1 Å². The van der Waals surface area contributed by atoms with Crippen LogP contribution in [0.2, 0.25) is 0 Å². The summed E-state index contributed by atoms with van der Waals surface area (Å²) in [5.74, 6) is 0.803. The third-order valence-corrected chi connectivity index (χ3v) is 9.30. The first-order valence-electron chi connectivity index (χ1n) is 16.1. The molecule has 1 aliphatic heterocycles. The molecule has 1 unspecified atom stereocenters. The van der Waals surface area contributed by atoms with Crippen LogP contribution in [0.25, 0.3) is 55.0 Å². The van der Waals surface area contributed by atoms with Gasteiger partial charge in [0.25, 0.3) is 0 Å². The van der Waals surface area contributed by atoms with E-state index in [9.17, 15) is 0 Å². The van der Waals surface area contributed by atoms with Gasteiger partial charge < -0.3 is 23.8 Å². The number of furan rings is 2. The minimum Gasteiger partial charge on any atom is -0.464 e. The fourth-order valence-corrected chi connectivity index (χ4v) is 7.08. The van der Waals surface area contributed by atoms with Gasteiger partial charge in [0.1, 0.15) is 22.3 Å². The molecule has 48 heavy (non-hydrogen) atoms. The molecule has 5 heteroatoms. The highest BCUT2D eigenvalue weighted by Gasteiger charge is 2.28. The summed E-state index contributed by atoms with van der Waals surface area (Å²) in [5, 5.41) is 7.70. The molecule has 7 aromatic carbocycles. The zero-order chi connectivity index (χ0) is 31.6. The molecule has 5 nitrogen and oxygen atoms in total. The average Bonchev–Trinajstić information content (AvgIpc) is 3.85. The molecular weight excluding hydrogens is 592 g/mol. The minimum atomic E-state index is -0.273. The van der Waals surface area contributed by atoms with E-state index in [0.29, 0.717) is 0 Å². The van der Waals surface area contributed by atoms with Crippen molar-refractivity contribution in [3.05, 3.63) is 163 Å². The molecule has 0 bridgehead atoms. The Balaban J connectivity index is 1.18. The van der Waals surface area contributed by atoms with Gasteiger partial charge in [-0.15, -0.1) is 0 Å². The summed E-state index contributed by atoms with van der Waals surface area (Å²) >= 11 is 0. The first-order chi connectivity index (χ1) is 23.8. The van der Waals surface area contributed by atoms with E-state index in [1.165, 1.54) is 0 Å². The molecule has 0 spiro atoms. The van der Waals surface area contributed by atoms with E-state index in [1.54, 1.807) is 0 Å². The van der Waals surface area contributed by atoms with Crippen LogP contribution in [0.5, 0.6) is 5.75 Å². The van der Waals surface area contributed by atoms with Gasteiger partial charge in [0.05, 0.1) is 16.8 Å². The molecule has 0 saturated carbocycles. The quantitative estimate of drug-likeness (QED) is 0.207. The summed E-state index contributed by atoms with van der Waals surface area (Å²) in [6, 6.07) is 54.4. The molecule has 0 saturated heterocycles. The summed E-state index contributed by atoms with van der Waals surface area (Å²) < 4.78 is 19.4. The summed E-state index contributed by atoms with van der Waals surface area (Å²) in [6.07, 6.45) is -0.273. The summed E-state index contributed by atoms with van der Waals surface area (Å²) in [5.41, 5.74) is 10.6. The Kier molecular flexibility index (Phi) is 5.87. The van der Waals surface area contributed by atoms with Crippen molar-refractivity contribution in [3.8, 4) is 16.9 Å². The molecule has 0 radical (unpaired) electrons. The van der Waals surface area contributed by atoms with Gasteiger partial charge in [-0.25, -0.2) is 0 Å². The zero-order valence-electron chi connectivity index (χ0n) is 25.8. The Morgan fingerprint density at radius 2 is 1.17 bits per heavy atom. The molecule has 1 N–H and O–H groups in total. The highest BCUT2D eigenvalue weighted by molar-refractivity contribution is 6.12. The van der Waals surface area contributed by atoms with Crippen LogP contribution in [-0.4, -0.2) is 0 Å². The highest BCUT2D eigenvalue weighted by atomic mass is 16.5. The molecule has 1 atom stereocenters. The number of hydrogen-bond donors (Lipinski definition) is 1. The first-order valence-corrected chi connectivity index (χ1v) is 16.1. The van der Waals surface area contributed by atoms with Crippen LogP contribution < -0.4 is 15.0 Å². The summed E-state index contributed by atoms with van der Waals surface area (Å²) in [7, 11) is 0. The van der Waals surface area contributed by atoms with E-state index >= 15 is 0 Å². The van der Waals surface area contributed by atoms with Gasteiger partial charge in [0.2, 0.25) is 0 Å². The van der Waals surface area contributed by atoms with Crippen LogP contribution in [0.3, 0.4) is 0 Å². The van der Waals surface area contributed by atoms with Crippen molar-refractivity contribution in [2.45, 2.75) is 6.23 Å². The second-order valence-electron chi connectivity index (χ2n) is 12.1. The monoisotopic (exact) mass is 620 g/mol. The fourth-order valence-electron chi connectivity index (χ4n) is 7.08. The topological polar surface area (TPSA) is 50.8 Å². The van der Waals surface area contributed by atoms with Crippen molar-refractivity contribution in [2.24, 2.45) is 0 Å². The molecular formula is C43H28N2O3. The Bertz CT molecular complexity index is 2640. The van der Waals surface area contributed by atoms with Crippen LogP contribution >= 0.6 is 0 Å². The van der Waals surface area contributed by atoms with Gasteiger partial charge in [-0.05, 0) is 60.2 Å². The number of ether oxygens (including phenoxy) is 1. The van der Waals surface area contributed by atoms with Crippen LogP contribution in [0.4, 0.5) is 22.7 Å². The van der Waals surface area contributed by atoms with E-state index < -0.39 is 0 Å². The number of hydrogen-bond acceptors (Lipinski definition) is 5. The van der Waals surface area contributed by atoms with Gasteiger partial charge in [-0.3, -0.25) is 0 Å². The number of nitrogens with one attached hydrogen (secondary N) is 1. The molecule has 2 aromatic heterocycles. The number of benzene rings is 7. The third kappa shape index (κ3) is 4.18. The second-order valence-corrected chi connectivity index (χ2v) is 12.1. The lowest BCUT2D eigenvalue weighted by Crippen LogP contribution is -2.11. The molecule has 228 valence electrons. The number of para-hydroxylation sites is 2. The van der Waals surface area contributed by atoms with Gasteiger partial charge in [0.15, 0.2) is 12.0 Å². The van der Waals surface area contributed by atoms with Crippen molar-refractivity contribution in [1.82, 2.24) is 0 Å². The Labute approximate surface area is 276 Å². The highest BCUT2D eigenvalue weighted by Crippen LogP contribution is 2.49. The molecule has 10 rings (SSSR count). The maximum absolute atomic E-state index is 6.60. The largest absolute Gasteiger partial charge is 0.464 e.